The van der Waals surface area contributed by atoms with E-state index >= 15 is 0 Å². The van der Waals surface area contributed by atoms with Gasteiger partial charge in [0.05, 0.1) is 25.0 Å². The first-order chi connectivity index (χ1) is 14.7. The quantitative estimate of drug-likeness (QED) is 0.607. The molecule has 1 saturated heterocycles. The molecular formula is C21H27N7O2. The Morgan fingerprint density at radius 3 is 2.73 bits per heavy atom. The maximum absolute atomic E-state index is 12.8. The maximum atomic E-state index is 12.8. The SMILES string of the molecule is CCc1cc2cnc(Nc3ccc(N4CCNCC4)nc3)nc2n(CCOC)c1=O. The molecule has 4 rings (SSSR count). The zero-order valence-corrected chi connectivity index (χ0v) is 17.4. The number of nitrogens with one attached hydrogen (secondary N) is 2. The lowest BCUT2D eigenvalue weighted by molar-refractivity contribution is 0.187. The molecule has 0 unspecified atom stereocenters. The Morgan fingerprint density at radius 1 is 1.20 bits per heavy atom. The molecule has 30 heavy (non-hydrogen) atoms. The summed E-state index contributed by atoms with van der Waals surface area (Å²) in [6, 6.07) is 5.83. The summed E-state index contributed by atoms with van der Waals surface area (Å²) in [6.45, 7) is 6.69. The summed E-state index contributed by atoms with van der Waals surface area (Å²) < 4.78 is 6.84. The van der Waals surface area contributed by atoms with E-state index in [1.807, 2.05) is 25.1 Å². The van der Waals surface area contributed by atoms with Gasteiger partial charge in [0, 0.05) is 50.4 Å². The van der Waals surface area contributed by atoms with E-state index in [0.717, 1.165) is 48.6 Å². The molecule has 9 heteroatoms. The number of piperazine rings is 1. The van der Waals surface area contributed by atoms with E-state index in [1.54, 1.807) is 24.1 Å². The first-order valence-electron chi connectivity index (χ1n) is 10.3. The standard InChI is InChI=1S/C21H27N7O2/c1-3-15-12-16-13-24-21(26-19(16)28(20(15)29)10-11-30-2)25-17-4-5-18(23-14-17)27-8-6-22-7-9-27/h4-5,12-14,22H,3,6-11H2,1-2H3,(H,24,25,26). The Morgan fingerprint density at radius 2 is 2.03 bits per heavy atom. The van der Waals surface area contributed by atoms with Crippen LogP contribution < -0.4 is 21.1 Å². The molecule has 0 radical (unpaired) electrons. The Labute approximate surface area is 175 Å². The monoisotopic (exact) mass is 409 g/mol. The topological polar surface area (TPSA) is 97.2 Å². The van der Waals surface area contributed by atoms with E-state index in [-0.39, 0.29) is 5.56 Å². The highest BCUT2D eigenvalue weighted by Gasteiger charge is 2.13. The molecule has 0 saturated carbocycles. The van der Waals surface area contributed by atoms with Gasteiger partial charge in [0.25, 0.3) is 5.56 Å². The Hall–Kier alpha value is -3.04. The molecule has 3 aromatic heterocycles. The number of aryl methyl sites for hydroxylation is 1. The molecule has 9 nitrogen and oxygen atoms in total. The van der Waals surface area contributed by atoms with Crippen molar-refractivity contribution in [3.05, 3.63) is 46.5 Å². The van der Waals surface area contributed by atoms with Crippen molar-refractivity contribution in [3.63, 3.8) is 0 Å². The number of pyridine rings is 2. The first-order valence-corrected chi connectivity index (χ1v) is 10.3. The van der Waals surface area contributed by atoms with Crippen LogP contribution >= 0.6 is 0 Å². The fourth-order valence-corrected chi connectivity index (χ4v) is 3.59. The van der Waals surface area contributed by atoms with Crippen molar-refractivity contribution in [3.8, 4) is 0 Å². The highest BCUT2D eigenvalue weighted by Crippen LogP contribution is 2.19. The van der Waals surface area contributed by atoms with E-state index < -0.39 is 0 Å². The van der Waals surface area contributed by atoms with Crippen LogP contribution in [0.3, 0.4) is 0 Å². The largest absolute Gasteiger partial charge is 0.383 e. The van der Waals surface area contributed by atoms with E-state index in [1.165, 1.54) is 0 Å². The third kappa shape index (κ3) is 4.27. The highest BCUT2D eigenvalue weighted by molar-refractivity contribution is 5.76. The molecule has 1 fully saturated rings. The minimum Gasteiger partial charge on any atom is -0.383 e. The van der Waals surface area contributed by atoms with Crippen molar-refractivity contribution >= 4 is 28.5 Å². The van der Waals surface area contributed by atoms with Gasteiger partial charge in [-0.1, -0.05) is 6.92 Å². The normalized spacial score (nSPS) is 14.3. The highest BCUT2D eigenvalue weighted by atomic mass is 16.5. The zero-order chi connectivity index (χ0) is 20.9. The van der Waals surface area contributed by atoms with E-state index in [2.05, 4.69) is 30.5 Å². The number of ether oxygens (including phenoxy) is 1. The van der Waals surface area contributed by atoms with Crippen LogP contribution in [0.2, 0.25) is 0 Å². The minimum atomic E-state index is -0.0336. The molecule has 0 amide bonds. The van der Waals surface area contributed by atoms with Crippen LogP contribution in [0.25, 0.3) is 11.0 Å². The molecule has 1 aliphatic rings. The van der Waals surface area contributed by atoms with Gasteiger partial charge in [-0.3, -0.25) is 9.36 Å². The number of rotatable bonds is 7. The number of hydrogen-bond donors (Lipinski definition) is 2. The van der Waals surface area contributed by atoms with Crippen molar-refractivity contribution in [1.82, 2.24) is 24.8 Å². The fraction of sp³-hybridized carbons (Fsp3) is 0.429. The fourth-order valence-electron chi connectivity index (χ4n) is 3.59. The summed E-state index contributed by atoms with van der Waals surface area (Å²) in [5, 5.41) is 7.37. The molecule has 158 valence electrons. The second kappa shape index (κ2) is 9.19. The summed E-state index contributed by atoms with van der Waals surface area (Å²) in [6.07, 6.45) is 4.19. The van der Waals surface area contributed by atoms with Gasteiger partial charge < -0.3 is 20.3 Å². The molecule has 0 aliphatic carbocycles. The minimum absolute atomic E-state index is 0.0336. The third-order valence-electron chi connectivity index (χ3n) is 5.25. The lowest BCUT2D eigenvalue weighted by atomic mass is 10.2. The number of aromatic nitrogens is 4. The predicted molar refractivity (Wildman–Crippen MR) is 118 cm³/mol. The van der Waals surface area contributed by atoms with Crippen molar-refractivity contribution in [2.45, 2.75) is 19.9 Å². The van der Waals surface area contributed by atoms with Crippen molar-refractivity contribution in [1.29, 1.82) is 0 Å². The van der Waals surface area contributed by atoms with Gasteiger partial charge in [0.2, 0.25) is 5.95 Å². The van der Waals surface area contributed by atoms with Crippen LogP contribution in [-0.4, -0.2) is 59.4 Å². The zero-order valence-electron chi connectivity index (χ0n) is 17.4. The molecule has 3 aromatic rings. The van der Waals surface area contributed by atoms with Crippen LogP contribution in [0.15, 0.2) is 35.4 Å². The smallest absolute Gasteiger partial charge is 0.255 e. The molecular weight excluding hydrogens is 382 g/mol. The molecule has 0 spiro atoms. The van der Waals surface area contributed by atoms with Crippen molar-refractivity contribution in [2.75, 3.05) is 50.1 Å². The van der Waals surface area contributed by atoms with Gasteiger partial charge >= 0.3 is 0 Å². The van der Waals surface area contributed by atoms with Gasteiger partial charge in [-0.15, -0.1) is 0 Å². The summed E-state index contributed by atoms with van der Waals surface area (Å²) in [7, 11) is 1.62. The molecule has 1 aliphatic heterocycles. The Kier molecular flexibility index (Phi) is 6.20. The van der Waals surface area contributed by atoms with E-state index in [4.69, 9.17) is 4.74 Å². The average molecular weight is 409 g/mol. The Bertz CT molecular complexity index is 1060. The van der Waals surface area contributed by atoms with Crippen LogP contribution in [0.4, 0.5) is 17.5 Å². The van der Waals surface area contributed by atoms with Crippen LogP contribution in [0, 0.1) is 0 Å². The van der Waals surface area contributed by atoms with Gasteiger partial charge in [-0.2, -0.15) is 4.98 Å². The van der Waals surface area contributed by atoms with Crippen molar-refractivity contribution < 1.29 is 4.74 Å². The van der Waals surface area contributed by atoms with Gasteiger partial charge in [-0.25, -0.2) is 9.97 Å². The number of fused-ring (bicyclic) bond motifs is 1. The van der Waals surface area contributed by atoms with Gasteiger partial charge in [0.1, 0.15) is 11.5 Å². The number of hydrogen-bond acceptors (Lipinski definition) is 8. The third-order valence-corrected chi connectivity index (χ3v) is 5.25. The van der Waals surface area contributed by atoms with Crippen LogP contribution in [0.1, 0.15) is 12.5 Å². The molecule has 0 atom stereocenters. The average Bonchev–Trinajstić information content (AvgIpc) is 2.79. The molecule has 0 bridgehead atoms. The maximum Gasteiger partial charge on any atom is 0.255 e. The summed E-state index contributed by atoms with van der Waals surface area (Å²) >= 11 is 0. The van der Waals surface area contributed by atoms with Gasteiger partial charge in [-0.05, 0) is 24.6 Å². The summed E-state index contributed by atoms with van der Waals surface area (Å²) in [4.78, 5) is 28.6. The van der Waals surface area contributed by atoms with E-state index in [0.29, 0.717) is 31.2 Å². The summed E-state index contributed by atoms with van der Waals surface area (Å²) in [5.41, 5.74) is 2.10. The lowest BCUT2D eigenvalue weighted by Gasteiger charge is -2.28. The van der Waals surface area contributed by atoms with E-state index in [9.17, 15) is 4.79 Å². The van der Waals surface area contributed by atoms with Crippen LogP contribution in [0.5, 0.6) is 0 Å². The van der Waals surface area contributed by atoms with Crippen molar-refractivity contribution in [2.24, 2.45) is 0 Å². The number of methoxy groups -OCH3 is 1. The first kappa shape index (κ1) is 20.2. The number of anilines is 3. The second-order valence-corrected chi connectivity index (χ2v) is 7.21. The summed E-state index contributed by atoms with van der Waals surface area (Å²) in [5.74, 6) is 1.39. The molecule has 4 heterocycles. The Balaban J connectivity index is 1.60. The molecule has 0 aromatic carbocycles. The second-order valence-electron chi connectivity index (χ2n) is 7.21. The number of nitrogens with zero attached hydrogens (tertiary/aromatic N) is 5. The van der Waals surface area contributed by atoms with Crippen LogP contribution in [-0.2, 0) is 17.7 Å². The predicted octanol–water partition coefficient (Wildman–Crippen LogP) is 1.55. The molecule has 2 N–H and O–H groups in total. The van der Waals surface area contributed by atoms with Gasteiger partial charge in [0.15, 0.2) is 0 Å². The lowest BCUT2D eigenvalue weighted by Crippen LogP contribution is -2.43.